The Bertz CT molecular complexity index is 1460. The van der Waals surface area contributed by atoms with Gasteiger partial charge in [0, 0.05) is 31.2 Å². The van der Waals surface area contributed by atoms with Gasteiger partial charge in [0.2, 0.25) is 0 Å². The Hall–Kier alpha value is -3.86. The predicted octanol–water partition coefficient (Wildman–Crippen LogP) is 3.01. The third kappa shape index (κ3) is 5.20. The molecule has 0 bridgehead atoms. The maximum Gasteiger partial charge on any atom is 0.252 e. The van der Waals surface area contributed by atoms with E-state index in [0.717, 1.165) is 42.6 Å². The van der Waals surface area contributed by atoms with E-state index in [0.29, 0.717) is 23.7 Å². The number of benzene rings is 1. The fourth-order valence-corrected chi connectivity index (χ4v) is 5.15. The third-order valence-corrected chi connectivity index (χ3v) is 7.67. The Morgan fingerprint density at radius 2 is 1.83 bits per heavy atom. The number of carbonyl (C=O) groups excluding carboxylic acids is 1. The Morgan fingerprint density at radius 1 is 1.06 bits per heavy atom. The normalized spacial score (nSPS) is 18.1. The van der Waals surface area contributed by atoms with Gasteiger partial charge in [0.05, 0.1) is 27.7 Å². The van der Waals surface area contributed by atoms with Gasteiger partial charge < -0.3 is 10.6 Å². The van der Waals surface area contributed by atoms with Crippen molar-refractivity contribution < 1.29 is 13.2 Å². The number of aromatic nitrogens is 5. The molecule has 0 spiro atoms. The number of pyridine rings is 1. The minimum Gasteiger partial charge on any atom is -0.367 e. The van der Waals surface area contributed by atoms with E-state index in [-0.39, 0.29) is 16.8 Å². The van der Waals surface area contributed by atoms with Crippen LogP contribution in [0.25, 0.3) is 16.7 Å². The smallest absolute Gasteiger partial charge is 0.252 e. The molecule has 2 N–H and O–H groups in total. The maximum absolute atomic E-state index is 12.3. The second-order valence-corrected chi connectivity index (χ2v) is 11.1. The molecule has 3 heterocycles. The van der Waals surface area contributed by atoms with Crippen LogP contribution in [-0.4, -0.2) is 57.9 Å². The largest absolute Gasteiger partial charge is 0.367 e. The zero-order valence-corrected chi connectivity index (χ0v) is 20.6. The van der Waals surface area contributed by atoms with Crippen LogP contribution in [0.1, 0.15) is 36.0 Å². The van der Waals surface area contributed by atoms with E-state index < -0.39 is 9.84 Å². The molecule has 5 rings (SSSR count). The predicted molar refractivity (Wildman–Crippen MR) is 136 cm³/mol. The highest BCUT2D eigenvalue weighted by atomic mass is 32.2. The van der Waals surface area contributed by atoms with Crippen molar-refractivity contribution in [2.24, 2.45) is 5.92 Å². The zero-order chi connectivity index (χ0) is 25.1. The van der Waals surface area contributed by atoms with Gasteiger partial charge in [-0.2, -0.15) is 5.10 Å². The van der Waals surface area contributed by atoms with Crippen LogP contribution >= 0.6 is 0 Å². The van der Waals surface area contributed by atoms with Crippen LogP contribution in [0.3, 0.4) is 0 Å². The van der Waals surface area contributed by atoms with Crippen molar-refractivity contribution in [3.05, 3.63) is 66.9 Å². The summed E-state index contributed by atoms with van der Waals surface area (Å²) in [5.74, 6) is 1.08. The molecule has 1 aliphatic carbocycles. The molecule has 1 amide bonds. The first-order chi connectivity index (χ1) is 17.4. The van der Waals surface area contributed by atoms with Crippen LogP contribution < -0.4 is 10.6 Å². The number of carbonyl (C=O) groups is 1. The lowest BCUT2D eigenvalue weighted by Gasteiger charge is -2.29. The topological polar surface area (TPSA) is 132 Å². The maximum atomic E-state index is 12.3. The molecular formula is C25H27N7O3S. The quantitative estimate of drug-likeness (QED) is 0.392. The molecule has 0 aliphatic heterocycles. The molecule has 0 radical (unpaired) electrons. The summed E-state index contributed by atoms with van der Waals surface area (Å²) < 4.78 is 25.2. The van der Waals surface area contributed by atoms with Crippen molar-refractivity contribution in [2.45, 2.75) is 36.6 Å². The van der Waals surface area contributed by atoms with Crippen LogP contribution in [0.4, 0.5) is 5.82 Å². The number of hydrogen-bond acceptors (Lipinski definition) is 8. The summed E-state index contributed by atoms with van der Waals surface area (Å²) in [4.78, 5) is 25.4. The van der Waals surface area contributed by atoms with Crippen molar-refractivity contribution in [2.75, 3.05) is 18.1 Å². The number of sulfone groups is 1. The first-order valence-electron chi connectivity index (χ1n) is 11.8. The van der Waals surface area contributed by atoms with Gasteiger partial charge in [-0.15, -0.1) is 0 Å². The van der Waals surface area contributed by atoms with E-state index >= 15 is 0 Å². The van der Waals surface area contributed by atoms with E-state index in [2.05, 4.69) is 30.7 Å². The second kappa shape index (κ2) is 10.0. The molecule has 1 aromatic carbocycles. The van der Waals surface area contributed by atoms with Crippen molar-refractivity contribution >= 4 is 32.6 Å². The first-order valence-corrected chi connectivity index (χ1v) is 13.7. The summed E-state index contributed by atoms with van der Waals surface area (Å²) in [6.07, 6.45) is 11.6. The number of hydrogen-bond donors (Lipinski definition) is 2. The monoisotopic (exact) mass is 505 g/mol. The Kier molecular flexibility index (Phi) is 6.64. The molecule has 10 nitrogen and oxygen atoms in total. The van der Waals surface area contributed by atoms with E-state index in [4.69, 9.17) is 0 Å². The average Bonchev–Trinajstić information content (AvgIpc) is 3.33. The molecule has 0 atom stereocenters. The lowest BCUT2D eigenvalue weighted by molar-refractivity contribution is 0.0943. The van der Waals surface area contributed by atoms with Gasteiger partial charge in [-0.05, 0) is 68.0 Å². The Morgan fingerprint density at radius 3 is 2.53 bits per heavy atom. The van der Waals surface area contributed by atoms with E-state index in [9.17, 15) is 13.2 Å². The molecule has 0 saturated heterocycles. The number of nitrogens with one attached hydrogen (secondary N) is 2. The molecule has 1 aliphatic rings. The highest BCUT2D eigenvalue weighted by Crippen LogP contribution is 2.28. The standard InChI is InChI=1S/C25H27N7O3S/c1-36(34,35)21-10-8-20(9-11-21)32-24-22(15-30-32)23(28-16-29-24)31-19-6-4-17(5-7-19)13-27-25(33)18-3-2-12-26-14-18/h2-3,8-12,14-17,19H,4-7,13H2,1H3,(H,27,33)(H,28,29,31). The Balaban J connectivity index is 1.21. The lowest BCUT2D eigenvalue weighted by Crippen LogP contribution is -2.34. The average molecular weight is 506 g/mol. The summed E-state index contributed by atoms with van der Waals surface area (Å²) in [5.41, 5.74) is 1.94. The van der Waals surface area contributed by atoms with Crippen LogP contribution in [-0.2, 0) is 9.84 Å². The lowest BCUT2D eigenvalue weighted by atomic mass is 9.86. The van der Waals surface area contributed by atoms with E-state index in [1.807, 2.05) is 0 Å². The van der Waals surface area contributed by atoms with Crippen LogP contribution in [0.5, 0.6) is 0 Å². The number of rotatable bonds is 7. The van der Waals surface area contributed by atoms with Gasteiger partial charge in [-0.25, -0.2) is 23.1 Å². The summed E-state index contributed by atoms with van der Waals surface area (Å²) in [6, 6.07) is 10.4. The van der Waals surface area contributed by atoms with Crippen LogP contribution in [0.2, 0.25) is 0 Å². The van der Waals surface area contributed by atoms with Crippen molar-refractivity contribution in [1.82, 2.24) is 30.0 Å². The fraction of sp³-hybridized carbons (Fsp3) is 0.320. The van der Waals surface area contributed by atoms with E-state index in [1.165, 1.54) is 12.6 Å². The van der Waals surface area contributed by atoms with Crippen molar-refractivity contribution in [3.8, 4) is 5.69 Å². The summed E-state index contributed by atoms with van der Waals surface area (Å²) in [5, 5.41) is 11.8. The first kappa shape index (κ1) is 23.9. The number of anilines is 1. The molecular weight excluding hydrogens is 478 g/mol. The van der Waals surface area contributed by atoms with Gasteiger partial charge in [0.25, 0.3) is 5.91 Å². The second-order valence-electron chi connectivity index (χ2n) is 9.10. The molecule has 11 heteroatoms. The van der Waals surface area contributed by atoms with Gasteiger partial charge in [0.15, 0.2) is 15.5 Å². The highest BCUT2D eigenvalue weighted by Gasteiger charge is 2.23. The summed E-state index contributed by atoms with van der Waals surface area (Å²) >= 11 is 0. The van der Waals surface area contributed by atoms with Crippen LogP contribution in [0.15, 0.2) is 66.2 Å². The molecule has 1 saturated carbocycles. The Labute approximate surface area is 209 Å². The van der Waals surface area contributed by atoms with E-state index in [1.54, 1.807) is 59.7 Å². The molecule has 1 fully saturated rings. The van der Waals surface area contributed by atoms with Gasteiger partial charge >= 0.3 is 0 Å². The zero-order valence-electron chi connectivity index (χ0n) is 19.8. The van der Waals surface area contributed by atoms with Gasteiger partial charge in [-0.3, -0.25) is 9.78 Å². The number of fused-ring (bicyclic) bond motifs is 1. The molecule has 0 unspecified atom stereocenters. The fourth-order valence-electron chi connectivity index (χ4n) is 4.52. The molecule has 186 valence electrons. The number of amides is 1. The van der Waals surface area contributed by atoms with Gasteiger partial charge in [0.1, 0.15) is 12.1 Å². The van der Waals surface area contributed by atoms with Crippen molar-refractivity contribution in [3.63, 3.8) is 0 Å². The van der Waals surface area contributed by atoms with Crippen molar-refractivity contribution in [1.29, 1.82) is 0 Å². The van der Waals surface area contributed by atoms with Gasteiger partial charge in [-0.1, -0.05) is 0 Å². The minimum absolute atomic E-state index is 0.0882. The summed E-state index contributed by atoms with van der Waals surface area (Å²) in [6.45, 7) is 0.656. The minimum atomic E-state index is -3.27. The number of nitrogens with zero attached hydrogens (tertiary/aromatic N) is 5. The highest BCUT2D eigenvalue weighted by molar-refractivity contribution is 7.90. The molecule has 36 heavy (non-hydrogen) atoms. The SMILES string of the molecule is CS(=O)(=O)c1ccc(-n2ncc3c(NC4CCC(CNC(=O)c5cccnc5)CC4)ncnc32)cc1. The van der Waals surface area contributed by atoms with Crippen LogP contribution in [0, 0.1) is 5.92 Å². The summed E-state index contributed by atoms with van der Waals surface area (Å²) in [7, 11) is -3.27. The third-order valence-electron chi connectivity index (χ3n) is 6.54. The molecule has 3 aromatic heterocycles. The molecule has 4 aromatic rings.